The Balaban J connectivity index is 1.75. The minimum absolute atomic E-state index is 0.0769. The van der Waals surface area contributed by atoms with Gasteiger partial charge in [0.25, 0.3) is 5.91 Å². The largest absolute Gasteiger partial charge is 0.405 e. The molecular weight excluding hydrogens is 397 g/mol. The van der Waals surface area contributed by atoms with Gasteiger partial charge in [-0.15, -0.1) is 0 Å². The summed E-state index contributed by atoms with van der Waals surface area (Å²) in [6, 6.07) is 7.31. The molecule has 170 valence electrons. The molecule has 0 aromatic heterocycles. The monoisotopic (exact) mass is 431 g/mol. The number of rotatable bonds is 11. The van der Waals surface area contributed by atoms with Crippen LogP contribution in [-0.4, -0.2) is 73.2 Å². The SMILES string of the molecule is CN1C=C(F)C=C(C(O)CNCCc2ccc(C(=O)N(C)CC(N)C/C=C\N)cc2)C1. The zero-order chi connectivity index (χ0) is 22.8. The van der Waals surface area contributed by atoms with E-state index >= 15 is 0 Å². The fourth-order valence-electron chi connectivity index (χ4n) is 3.41. The maximum atomic E-state index is 13.5. The van der Waals surface area contributed by atoms with Gasteiger partial charge in [-0.25, -0.2) is 4.39 Å². The maximum absolute atomic E-state index is 13.5. The van der Waals surface area contributed by atoms with Gasteiger partial charge in [0.1, 0.15) is 5.83 Å². The molecular formula is C23H34FN5O2. The molecule has 1 amide bonds. The van der Waals surface area contributed by atoms with E-state index in [1.54, 1.807) is 30.0 Å². The van der Waals surface area contributed by atoms with E-state index in [-0.39, 0.29) is 17.8 Å². The van der Waals surface area contributed by atoms with Crippen molar-refractivity contribution in [3.8, 4) is 0 Å². The lowest BCUT2D eigenvalue weighted by atomic mass is 10.1. The van der Waals surface area contributed by atoms with Gasteiger partial charge in [0, 0.05) is 51.5 Å². The highest BCUT2D eigenvalue weighted by atomic mass is 19.1. The quantitative estimate of drug-likeness (QED) is 0.391. The van der Waals surface area contributed by atoms with Crippen LogP contribution in [0.4, 0.5) is 4.39 Å². The zero-order valence-corrected chi connectivity index (χ0v) is 18.3. The predicted molar refractivity (Wildman–Crippen MR) is 122 cm³/mol. The highest BCUT2D eigenvalue weighted by molar-refractivity contribution is 5.94. The summed E-state index contributed by atoms with van der Waals surface area (Å²) in [6.45, 7) is 1.97. The number of aliphatic hydroxyl groups is 1. The second kappa shape index (κ2) is 12.2. The van der Waals surface area contributed by atoms with E-state index in [1.165, 1.54) is 18.5 Å². The summed E-state index contributed by atoms with van der Waals surface area (Å²) in [5.74, 6) is -0.426. The van der Waals surface area contributed by atoms with Crippen LogP contribution in [0.25, 0.3) is 0 Å². The van der Waals surface area contributed by atoms with Crippen molar-refractivity contribution in [2.45, 2.75) is 25.0 Å². The number of nitrogens with zero attached hydrogens (tertiary/aromatic N) is 2. The standard InChI is InChI=1S/C23H34FN5O2/c1-28-14-19(12-20(24)15-28)22(30)13-27-11-9-17-5-7-18(8-6-17)23(31)29(2)16-21(26)4-3-10-25/h3,5-8,10,12,15,21-22,27,30H,4,9,11,13-14,16,25-26H2,1-2H3/b10-3-. The third kappa shape index (κ3) is 8.16. The number of benzene rings is 1. The molecule has 8 heteroatoms. The van der Waals surface area contributed by atoms with Crippen LogP contribution < -0.4 is 16.8 Å². The molecule has 1 aromatic rings. The molecule has 0 bridgehead atoms. The predicted octanol–water partition coefficient (Wildman–Crippen LogP) is 1.12. The number of halogens is 1. The Morgan fingerprint density at radius 1 is 1.39 bits per heavy atom. The summed E-state index contributed by atoms with van der Waals surface area (Å²) in [5, 5.41) is 13.5. The van der Waals surface area contributed by atoms with E-state index in [9.17, 15) is 14.3 Å². The maximum Gasteiger partial charge on any atom is 0.253 e. The van der Waals surface area contributed by atoms with Crippen LogP contribution in [0.15, 0.2) is 60.2 Å². The van der Waals surface area contributed by atoms with E-state index in [4.69, 9.17) is 11.5 Å². The van der Waals surface area contributed by atoms with Crippen molar-refractivity contribution in [1.29, 1.82) is 0 Å². The first-order valence-corrected chi connectivity index (χ1v) is 10.4. The molecule has 2 unspecified atom stereocenters. The van der Waals surface area contributed by atoms with Crippen molar-refractivity contribution in [1.82, 2.24) is 15.1 Å². The van der Waals surface area contributed by atoms with Crippen LogP contribution in [0.5, 0.6) is 0 Å². The van der Waals surface area contributed by atoms with Gasteiger partial charge in [-0.3, -0.25) is 4.79 Å². The summed E-state index contributed by atoms with van der Waals surface area (Å²) in [5.41, 5.74) is 13.7. The minimum Gasteiger partial charge on any atom is -0.405 e. The van der Waals surface area contributed by atoms with Crippen molar-refractivity contribution in [3.63, 3.8) is 0 Å². The number of aliphatic hydroxyl groups excluding tert-OH is 1. The third-order valence-electron chi connectivity index (χ3n) is 5.09. The van der Waals surface area contributed by atoms with Crippen molar-refractivity contribution in [2.75, 3.05) is 40.3 Å². The number of nitrogens with one attached hydrogen (secondary N) is 1. The Morgan fingerprint density at radius 3 is 2.74 bits per heavy atom. The van der Waals surface area contributed by atoms with Gasteiger partial charge in [0.05, 0.1) is 6.10 Å². The summed E-state index contributed by atoms with van der Waals surface area (Å²) < 4.78 is 13.5. The van der Waals surface area contributed by atoms with Crippen LogP contribution >= 0.6 is 0 Å². The zero-order valence-electron chi connectivity index (χ0n) is 18.3. The van der Waals surface area contributed by atoms with Crippen molar-refractivity contribution in [2.24, 2.45) is 11.5 Å². The molecule has 0 saturated heterocycles. The molecule has 0 spiro atoms. The fourth-order valence-corrected chi connectivity index (χ4v) is 3.41. The molecule has 1 heterocycles. The van der Waals surface area contributed by atoms with E-state index in [0.29, 0.717) is 43.7 Å². The number of hydrogen-bond acceptors (Lipinski definition) is 6. The van der Waals surface area contributed by atoms with Gasteiger partial charge in [-0.1, -0.05) is 18.2 Å². The summed E-state index contributed by atoms with van der Waals surface area (Å²) in [6.07, 6.45) is 6.67. The number of amides is 1. The number of likely N-dealkylation sites (N-methyl/N-ethyl adjacent to an activating group) is 2. The number of allylic oxidation sites excluding steroid dienone is 2. The van der Waals surface area contributed by atoms with Crippen LogP contribution in [0.3, 0.4) is 0 Å². The molecule has 6 N–H and O–H groups in total. The van der Waals surface area contributed by atoms with Crippen LogP contribution in [0, 0.1) is 0 Å². The molecule has 0 aliphatic carbocycles. The molecule has 1 aliphatic rings. The molecule has 1 aliphatic heterocycles. The average molecular weight is 432 g/mol. The van der Waals surface area contributed by atoms with Crippen molar-refractivity contribution in [3.05, 3.63) is 71.3 Å². The highest BCUT2D eigenvalue weighted by Gasteiger charge is 2.17. The second-order valence-electron chi connectivity index (χ2n) is 7.92. The number of hydrogen-bond donors (Lipinski definition) is 4. The second-order valence-corrected chi connectivity index (χ2v) is 7.92. The first-order chi connectivity index (χ1) is 14.8. The molecule has 2 rings (SSSR count). The van der Waals surface area contributed by atoms with Gasteiger partial charge in [-0.2, -0.15) is 0 Å². The lowest BCUT2D eigenvalue weighted by molar-refractivity contribution is 0.0787. The van der Waals surface area contributed by atoms with Crippen LogP contribution in [0.1, 0.15) is 22.3 Å². The van der Waals surface area contributed by atoms with Crippen molar-refractivity contribution >= 4 is 5.91 Å². The molecule has 7 nitrogen and oxygen atoms in total. The van der Waals surface area contributed by atoms with Crippen molar-refractivity contribution < 1.29 is 14.3 Å². The number of nitrogens with two attached hydrogens (primary N) is 2. The molecule has 31 heavy (non-hydrogen) atoms. The Hall–Kier alpha value is -2.68. The van der Waals surface area contributed by atoms with E-state index in [1.807, 2.05) is 24.3 Å². The van der Waals surface area contributed by atoms with Crippen LogP contribution in [0.2, 0.25) is 0 Å². The highest BCUT2D eigenvalue weighted by Crippen LogP contribution is 2.16. The Kier molecular flexibility index (Phi) is 9.71. The number of carbonyl (C=O) groups excluding carboxylic acids is 1. The molecule has 0 fully saturated rings. The molecule has 2 atom stereocenters. The van der Waals surface area contributed by atoms with Gasteiger partial charge in [0.2, 0.25) is 0 Å². The smallest absolute Gasteiger partial charge is 0.253 e. The average Bonchev–Trinajstić information content (AvgIpc) is 2.74. The topological polar surface area (TPSA) is 108 Å². The van der Waals surface area contributed by atoms with Crippen LogP contribution in [-0.2, 0) is 6.42 Å². The fraction of sp³-hybridized carbons (Fsp3) is 0.435. The lowest BCUT2D eigenvalue weighted by Gasteiger charge is -2.24. The Morgan fingerprint density at radius 2 is 2.10 bits per heavy atom. The van der Waals surface area contributed by atoms with Gasteiger partial charge in [0.15, 0.2) is 0 Å². The Labute approximate surface area is 183 Å². The molecule has 0 radical (unpaired) electrons. The van der Waals surface area contributed by atoms with Gasteiger partial charge < -0.3 is 31.7 Å². The van der Waals surface area contributed by atoms with Gasteiger partial charge in [-0.05, 0) is 54.9 Å². The summed E-state index contributed by atoms with van der Waals surface area (Å²) >= 11 is 0. The van der Waals surface area contributed by atoms with E-state index in [2.05, 4.69) is 5.32 Å². The molecule has 1 aromatic carbocycles. The van der Waals surface area contributed by atoms with E-state index < -0.39 is 6.10 Å². The van der Waals surface area contributed by atoms with E-state index in [0.717, 1.165) is 12.0 Å². The molecule has 0 saturated carbocycles. The number of carbonyl (C=O) groups is 1. The third-order valence-corrected chi connectivity index (χ3v) is 5.09. The first-order valence-electron chi connectivity index (χ1n) is 10.4. The summed E-state index contributed by atoms with van der Waals surface area (Å²) in [7, 11) is 3.51. The lowest BCUT2D eigenvalue weighted by Crippen LogP contribution is -2.38. The normalized spacial score (nSPS) is 16.1. The Bertz CT molecular complexity index is 807. The van der Waals surface area contributed by atoms with Gasteiger partial charge >= 0.3 is 0 Å². The minimum atomic E-state index is -0.732. The summed E-state index contributed by atoms with van der Waals surface area (Å²) in [4.78, 5) is 15.9. The first kappa shape index (κ1) is 24.6.